The van der Waals surface area contributed by atoms with Crippen LogP contribution < -0.4 is 0 Å². The topological polar surface area (TPSA) is 36.7 Å². The van der Waals surface area contributed by atoms with E-state index < -0.39 is 0 Å². The number of hydrogen-bond donors (Lipinski definition) is 0. The second-order valence-corrected chi connectivity index (χ2v) is 3.64. The number of benzene rings is 1. The van der Waals surface area contributed by atoms with Gasteiger partial charge in [-0.3, -0.25) is 4.98 Å². The van der Waals surface area contributed by atoms with Crippen LogP contribution in [-0.4, -0.2) is 4.98 Å². The lowest BCUT2D eigenvalue weighted by Gasteiger charge is -2.01. The van der Waals surface area contributed by atoms with Crippen LogP contribution in [0.15, 0.2) is 29.0 Å². The zero-order valence-corrected chi connectivity index (χ0v) is 8.55. The molecule has 14 heavy (non-hydrogen) atoms. The first kappa shape index (κ1) is 9.10. The Labute approximate surface area is 88.1 Å². The van der Waals surface area contributed by atoms with Gasteiger partial charge in [0.1, 0.15) is 11.9 Å². The molecule has 1 aromatic carbocycles. The summed E-state index contributed by atoms with van der Waals surface area (Å²) in [6.07, 6.45) is 3.02. The van der Waals surface area contributed by atoms with Crippen molar-refractivity contribution in [1.82, 2.24) is 4.98 Å². The lowest BCUT2D eigenvalue weighted by Crippen LogP contribution is -1.85. The van der Waals surface area contributed by atoms with Crippen LogP contribution in [0.4, 0.5) is 4.39 Å². The van der Waals surface area contributed by atoms with Gasteiger partial charge in [0, 0.05) is 27.6 Å². The Balaban J connectivity index is 2.95. The van der Waals surface area contributed by atoms with E-state index in [9.17, 15) is 4.39 Å². The predicted molar refractivity (Wildman–Crippen MR) is 54.1 cm³/mol. The second-order valence-electron chi connectivity index (χ2n) is 2.78. The minimum absolute atomic E-state index is 0.368. The van der Waals surface area contributed by atoms with E-state index in [1.165, 1.54) is 18.3 Å². The van der Waals surface area contributed by atoms with Gasteiger partial charge in [-0.25, -0.2) is 4.39 Å². The summed E-state index contributed by atoms with van der Waals surface area (Å²) in [5, 5.41) is 10.1. The molecule has 0 aliphatic rings. The van der Waals surface area contributed by atoms with Crippen LogP contribution in [0.2, 0.25) is 0 Å². The van der Waals surface area contributed by atoms with Crippen LogP contribution in [0, 0.1) is 17.1 Å². The summed E-state index contributed by atoms with van der Waals surface area (Å²) in [4.78, 5) is 3.90. The number of nitrogens with zero attached hydrogens (tertiary/aromatic N) is 2. The average molecular weight is 251 g/mol. The SMILES string of the molecule is N#Cc1cncc2c(Br)cc(F)cc12. The maximum atomic E-state index is 13.1. The first-order valence-electron chi connectivity index (χ1n) is 3.85. The molecule has 68 valence electrons. The number of fused-ring (bicyclic) bond motifs is 1. The van der Waals surface area contributed by atoms with Gasteiger partial charge in [-0.1, -0.05) is 0 Å². The molecule has 0 atom stereocenters. The third kappa shape index (κ3) is 1.36. The third-order valence-corrected chi connectivity index (χ3v) is 2.57. The summed E-state index contributed by atoms with van der Waals surface area (Å²) < 4.78 is 13.7. The maximum Gasteiger partial charge on any atom is 0.125 e. The fourth-order valence-electron chi connectivity index (χ4n) is 1.28. The van der Waals surface area contributed by atoms with Gasteiger partial charge in [0.15, 0.2) is 0 Å². The Morgan fingerprint density at radius 1 is 1.29 bits per heavy atom. The minimum atomic E-state index is -0.368. The number of nitriles is 1. The molecule has 2 rings (SSSR count). The van der Waals surface area contributed by atoms with Crippen molar-refractivity contribution >= 4 is 26.7 Å². The van der Waals surface area contributed by atoms with Crippen LogP contribution in [0.3, 0.4) is 0 Å². The van der Waals surface area contributed by atoms with E-state index >= 15 is 0 Å². The standard InChI is InChI=1S/C10H4BrFN2/c11-10-2-7(12)1-8-6(3-13)4-14-5-9(8)10/h1-2,4-5H. The van der Waals surface area contributed by atoms with Crippen LogP contribution in [-0.2, 0) is 0 Å². The number of hydrogen-bond acceptors (Lipinski definition) is 2. The minimum Gasteiger partial charge on any atom is -0.263 e. The molecule has 1 heterocycles. The first-order chi connectivity index (χ1) is 6.72. The van der Waals surface area contributed by atoms with E-state index in [1.54, 1.807) is 6.20 Å². The van der Waals surface area contributed by atoms with Crippen molar-refractivity contribution in [3.05, 3.63) is 40.4 Å². The molecular formula is C10H4BrFN2. The summed E-state index contributed by atoms with van der Waals surface area (Å²) in [6.45, 7) is 0. The molecule has 0 fully saturated rings. The maximum absolute atomic E-state index is 13.1. The summed E-state index contributed by atoms with van der Waals surface area (Å²) in [5.41, 5.74) is 0.378. The van der Waals surface area contributed by atoms with E-state index in [2.05, 4.69) is 20.9 Å². The third-order valence-electron chi connectivity index (χ3n) is 1.91. The molecular weight excluding hydrogens is 247 g/mol. The molecule has 1 aromatic heterocycles. The molecule has 0 aliphatic carbocycles. The Hall–Kier alpha value is -1.47. The summed E-state index contributed by atoms with van der Waals surface area (Å²) in [5.74, 6) is -0.368. The molecule has 0 aliphatic heterocycles. The predicted octanol–water partition coefficient (Wildman–Crippen LogP) is 3.01. The fraction of sp³-hybridized carbons (Fsp3) is 0. The van der Waals surface area contributed by atoms with E-state index in [0.717, 1.165) is 5.39 Å². The summed E-state index contributed by atoms with van der Waals surface area (Å²) >= 11 is 3.22. The van der Waals surface area contributed by atoms with Gasteiger partial charge < -0.3 is 0 Å². The van der Waals surface area contributed by atoms with Gasteiger partial charge in [-0.05, 0) is 28.1 Å². The lowest BCUT2D eigenvalue weighted by molar-refractivity contribution is 0.629. The fourth-order valence-corrected chi connectivity index (χ4v) is 1.82. The zero-order chi connectivity index (χ0) is 10.1. The molecule has 0 unspecified atom stereocenters. The molecule has 0 saturated heterocycles. The van der Waals surface area contributed by atoms with Crippen molar-refractivity contribution in [2.45, 2.75) is 0 Å². The molecule has 2 nitrogen and oxygen atoms in total. The van der Waals surface area contributed by atoms with E-state index in [-0.39, 0.29) is 5.82 Å². The van der Waals surface area contributed by atoms with Gasteiger partial charge in [-0.15, -0.1) is 0 Å². The van der Waals surface area contributed by atoms with Gasteiger partial charge in [0.2, 0.25) is 0 Å². The summed E-state index contributed by atoms with van der Waals surface area (Å²) in [7, 11) is 0. The smallest absolute Gasteiger partial charge is 0.125 e. The van der Waals surface area contributed by atoms with Gasteiger partial charge in [-0.2, -0.15) is 5.26 Å². The monoisotopic (exact) mass is 250 g/mol. The highest BCUT2D eigenvalue weighted by atomic mass is 79.9. The van der Waals surface area contributed by atoms with Crippen molar-refractivity contribution in [3.8, 4) is 6.07 Å². The number of pyridine rings is 1. The molecule has 0 spiro atoms. The van der Waals surface area contributed by atoms with E-state index in [1.807, 2.05) is 6.07 Å². The van der Waals surface area contributed by atoms with Gasteiger partial charge in [0.05, 0.1) is 5.56 Å². The highest BCUT2D eigenvalue weighted by molar-refractivity contribution is 9.10. The highest BCUT2D eigenvalue weighted by Gasteiger charge is 2.06. The molecule has 0 amide bonds. The number of halogens is 2. The lowest BCUT2D eigenvalue weighted by atomic mass is 10.1. The Morgan fingerprint density at radius 2 is 2.07 bits per heavy atom. The quantitative estimate of drug-likeness (QED) is 0.721. The molecule has 0 bridgehead atoms. The van der Waals surface area contributed by atoms with Crippen LogP contribution in [0.5, 0.6) is 0 Å². The number of rotatable bonds is 0. The van der Waals surface area contributed by atoms with Crippen LogP contribution in [0.1, 0.15) is 5.56 Å². The Bertz CT molecular complexity index is 546. The molecule has 4 heteroatoms. The number of aromatic nitrogens is 1. The van der Waals surface area contributed by atoms with Gasteiger partial charge in [0.25, 0.3) is 0 Å². The molecule has 0 saturated carbocycles. The van der Waals surface area contributed by atoms with Crippen LogP contribution >= 0.6 is 15.9 Å². The molecule has 0 radical (unpaired) electrons. The Kier molecular flexibility index (Phi) is 2.18. The largest absolute Gasteiger partial charge is 0.263 e. The van der Waals surface area contributed by atoms with E-state index in [0.29, 0.717) is 15.4 Å². The normalized spacial score (nSPS) is 10.1. The summed E-state index contributed by atoms with van der Waals surface area (Å²) in [6, 6.07) is 4.66. The molecule has 2 aromatic rings. The van der Waals surface area contributed by atoms with Crippen molar-refractivity contribution < 1.29 is 4.39 Å². The highest BCUT2D eigenvalue weighted by Crippen LogP contribution is 2.26. The second kappa shape index (κ2) is 3.35. The van der Waals surface area contributed by atoms with Crippen molar-refractivity contribution in [1.29, 1.82) is 5.26 Å². The van der Waals surface area contributed by atoms with Crippen molar-refractivity contribution in [3.63, 3.8) is 0 Å². The van der Waals surface area contributed by atoms with Crippen molar-refractivity contribution in [2.75, 3.05) is 0 Å². The van der Waals surface area contributed by atoms with Gasteiger partial charge >= 0.3 is 0 Å². The zero-order valence-electron chi connectivity index (χ0n) is 6.96. The first-order valence-corrected chi connectivity index (χ1v) is 4.64. The van der Waals surface area contributed by atoms with Crippen LogP contribution in [0.25, 0.3) is 10.8 Å². The molecule has 0 N–H and O–H groups in total. The Morgan fingerprint density at radius 3 is 2.79 bits per heavy atom. The average Bonchev–Trinajstić information content (AvgIpc) is 2.17. The van der Waals surface area contributed by atoms with Crippen molar-refractivity contribution in [2.24, 2.45) is 0 Å². The van der Waals surface area contributed by atoms with E-state index in [4.69, 9.17) is 5.26 Å².